The van der Waals surface area contributed by atoms with Gasteiger partial charge in [-0.1, -0.05) is 0 Å². The second kappa shape index (κ2) is 5.40. The smallest absolute Gasteiger partial charge is 0.153 e. The predicted molar refractivity (Wildman–Crippen MR) is 74.0 cm³/mol. The molecule has 21 heavy (non-hydrogen) atoms. The van der Waals surface area contributed by atoms with E-state index in [1.54, 1.807) is 10.9 Å². The molecule has 0 spiro atoms. The summed E-state index contributed by atoms with van der Waals surface area (Å²) in [5.41, 5.74) is 0.461. The van der Waals surface area contributed by atoms with Crippen LogP contribution in [0.15, 0.2) is 18.5 Å². The minimum absolute atomic E-state index is 0.0933. The Bertz CT molecular complexity index is 795. The van der Waals surface area contributed by atoms with E-state index in [0.29, 0.717) is 30.3 Å². The molecule has 0 aliphatic carbocycles. The highest BCUT2D eigenvalue weighted by Gasteiger charge is 2.17. The van der Waals surface area contributed by atoms with E-state index in [0.717, 1.165) is 6.07 Å². The molecule has 0 saturated carbocycles. The molecule has 0 aliphatic rings. The fourth-order valence-corrected chi connectivity index (χ4v) is 2.49. The van der Waals surface area contributed by atoms with Gasteiger partial charge in [0, 0.05) is 12.6 Å². The normalized spacial score (nSPS) is 11.4. The maximum atomic E-state index is 13.8. The van der Waals surface area contributed by atoms with Gasteiger partial charge in [-0.25, -0.2) is 13.8 Å². The van der Waals surface area contributed by atoms with Crippen LogP contribution in [0.25, 0.3) is 11.0 Å². The molecule has 2 heterocycles. The number of hydrogen-bond acceptors (Lipinski definition) is 3. The molecule has 0 amide bonds. The molecule has 1 aromatic carbocycles. The summed E-state index contributed by atoms with van der Waals surface area (Å²) in [5, 5.41) is 7.87. The topological polar surface area (TPSA) is 48.5 Å². The Hall–Kier alpha value is -2.02. The molecule has 3 aromatic rings. The predicted octanol–water partition coefficient (Wildman–Crippen LogP) is 2.71. The molecule has 8 heteroatoms. The highest BCUT2D eigenvalue weighted by molar-refractivity contribution is 6.16. The lowest BCUT2D eigenvalue weighted by Crippen LogP contribution is -2.10. The third kappa shape index (κ3) is 2.37. The first-order valence-electron chi connectivity index (χ1n) is 6.40. The molecule has 5 nitrogen and oxygen atoms in total. The van der Waals surface area contributed by atoms with Crippen molar-refractivity contribution in [2.45, 2.75) is 25.9 Å². The van der Waals surface area contributed by atoms with E-state index in [2.05, 4.69) is 15.2 Å². The van der Waals surface area contributed by atoms with E-state index in [1.165, 1.54) is 6.07 Å². The third-order valence-electron chi connectivity index (χ3n) is 3.31. The summed E-state index contributed by atoms with van der Waals surface area (Å²) in [6.45, 7) is 2.96. The molecule has 0 N–H and O–H groups in total. The lowest BCUT2D eigenvalue weighted by molar-refractivity contribution is 0.589. The molecule has 2 aromatic heterocycles. The van der Waals surface area contributed by atoms with Crippen molar-refractivity contribution >= 4 is 22.6 Å². The molecule has 0 unspecified atom stereocenters. The number of alkyl halides is 1. The highest BCUT2D eigenvalue weighted by Crippen LogP contribution is 2.22. The molecule has 0 fully saturated rings. The Morgan fingerprint density at radius 3 is 2.76 bits per heavy atom. The van der Waals surface area contributed by atoms with Gasteiger partial charge in [0.25, 0.3) is 0 Å². The molecule has 0 atom stereocenters. The molecular weight excluding hydrogens is 300 g/mol. The zero-order valence-corrected chi connectivity index (χ0v) is 12.0. The van der Waals surface area contributed by atoms with E-state index in [4.69, 9.17) is 11.6 Å². The van der Waals surface area contributed by atoms with Crippen molar-refractivity contribution in [1.29, 1.82) is 0 Å². The first-order chi connectivity index (χ1) is 10.1. The number of benzene rings is 1. The van der Waals surface area contributed by atoms with Gasteiger partial charge in [0.15, 0.2) is 11.6 Å². The van der Waals surface area contributed by atoms with Crippen LogP contribution in [0.2, 0.25) is 0 Å². The Balaban J connectivity index is 2.16. The second-order valence-electron chi connectivity index (χ2n) is 4.54. The van der Waals surface area contributed by atoms with Crippen LogP contribution in [0.4, 0.5) is 8.78 Å². The first-order valence-corrected chi connectivity index (χ1v) is 6.94. The van der Waals surface area contributed by atoms with E-state index in [9.17, 15) is 8.78 Å². The van der Waals surface area contributed by atoms with Gasteiger partial charge in [0.05, 0.1) is 17.9 Å². The van der Waals surface area contributed by atoms with Gasteiger partial charge in [0.2, 0.25) is 0 Å². The van der Waals surface area contributed by atoms with Gasteiger partial charge in [0.1, 0.15) is 23.5 Å². The molecule has 0 saturated heterocycles. The summed E-state index contributed by atoms with van der Waals surface area (Å²) in [6, 6.07) is 2.06. The summed E-state index contributed by atoms with van der Waals surface area (Å²) >= 11 is 5.87. The number of nitrogens with zero attached hydrogens (tertiary/aromatic N) is 5. The summed E-state index contributed by atoms with van der Waals surface area (Å²) in [6.07, 6.45) is 1.61. The van der Waals surface area contributed by atoms with Gasteiger partial charge in [-0.05, 0) is 13.0 Å². The number of hydrogen-bond donors (Lipinski definition) is 0. The minimum atomic E-state index is -0.702. The molecule has 0 aliphatic heterocycles. The maximum Gasteiger partial charge on any atom is 0.153 e. The Labute approximate surface area is 124 Å². The molecule has 3 rings (SSSR count). The average molecular weight is 312 g/mol. The van der Waals surface area contributed by atoms with Crippen molar-refractivity contribution in [3.8, 4) is 0 Å². The van der Waals surface area contributed by atoms with Crippen molar-refractivity contribution in [2.75, 3.05) is 0 Å². The van der Waals surface area contributed by atoms with Crippen LogP contribution in [0, 0.1) is 11.6 Å². The van der Waals surface area contributed by atoms with Crippen molar-refractivity contribution in [1.82, 2.24) is 24.3 Å². The van der Waals surface area contributed by atoms with Crippen LogP contribution in [0.3, 0.4) is 0 Å². The number of imidazole rings is 1. The largest absolute Gasteiger partial charge is 0.319 e. The van der Waals surface area contributed by atoms with Crippen LogP contribution in [0.5, 0.6) is 0 Å². The molecule has 110 valence electrons. The number of halogens is 3. The second-order valence-corrected chi connectivity index (χ2v) is 4.80. The van der Waals surface area contributed by atoms with E-state index >= 15 is 0 Å². The zero-order chi connectivity index (χ0) is 15.0. The van der Waals surface area contributed by atoms with E-state index in [-0.39, 0.29) is 11.4 Å². The summed E-state index contributed by atoms with van der Waals surface area (Å²) in [4.78, 5) is 4.14. The van der Waals surface area contributed by atoms with Crippen molar-refractivity contribution in [3.05, 3.63) is 41.7 Å². The Morgan fingerprint density at radius 2 is 2.05 bits per heavy atom. The molecule has 0 bridgehead atoms. The van der Waals surface area contributed by atoms with Gasteiger partial charge in [-0.2, -0.15) is 0 Å². The number of rotatable bonds is 4. The molecular formula is C13H12ClF2N5. The third-order valence-corrected chi connectivity index (χ3v) is 3.55. The average Bonchev–Trinajstić information content (AvgIpc) is 3.04. The lowest BCUT2D eigenvalue weighted by atomic mass is 10.3. The summed E-state index contributed by atoms with van der Waals surface area (Å²) < 4.78 is 30.8. The molecule has 0 radical (unpaired) electrons. The van der Waals surface area contributed by atoms with Crippen molar-refractivity contribution in [2.24, 2.45) is 0 Å². The fraction of sp³-hybridized carbons (Fsp3) is 0.308. The van der Waals surface area contributed by atoms with Gasteiger partial charge >= 0.3 is 0 Å². The van der Waals surface area contributed by atoms with E-state index < -0.39 is 11.6 Å². The quantitative estimate of drug-likeness (QED) is 0.696. The minimum Gasteiger partial charge on any atom is -0.319 e. The number of fused-ring (bicyclic) bond motifs is 1. The zero-order valence-electron chi connectivity index (χ0n) is 11.2. The SMILES string of the molecule is CCn1cnnc1Cn1c(CCl)nc2c(F)cc(F)cc21. The van der Waals surface area contributed by atoms with Crippen LogP contribution >= 0.6 is 11.6 Å². The van der Waals surface area contributed by atoms with Crippen molar-refractivity contribution < 1.29 is 8.78 Å². The number of aromatic nitrogens is 5. The monoisotopic (exact) mass is 311 g/mol. The van der Waals surface area contributed by atoms with Crippen LogP contribution < -0.4 is 0 Å². The van der Waals surface area contributed by atoms with Gasteiger partial charge < -0.3 is 9.13 Å². The fourth-order valence-electron chi connectivity index (χ4n) is 2.28. The van der Waals surface area contributed by atoms with Crippen molar-refractivity contribution in [3.63, 3.8) is 0 Å². The summed E-state index contributed by atoms with van der Waals surface area (Å²) in [7, 11) is 0. The first kappa shape index (κ1) is 13.9. The Kier molecular flexibility index (Phi) is 3.59. The van der Waals surface area contributed by atoms with E-state index in [1.807, 2.05) is 11.5 Å². The van der Waals surface area contributed by atoms with Crippen LogP contribution in [-0.4, -0.2) is 24.3 Å². The number of aryl methyl sites for hydroxylation is 1. The standard InChI is InChI=1S/C13H12ClF2N5/c1-2-20-7-17-19-12(20)6-21-10-4-8(15)3-9(16)13(10)18-11(21)5-14/h3-4,7H,2,5-6H2,1H3. The van der Waals surface area contributed by atoms with Gasteiger partial charge in [-0.15, -0.1) is 21.8 Å². The lowest BCUT2D eigenvalue weighted by Gasteiger charge is -2.08. The van der Waals surface area contributed by atoms with Crippen LogP contribution in [-0.2, 0) is 19.0 Å². The Morgan fingerprint density at radius 1 is 1.24 bits per heavy atom. The maximum absolute atomic E-state index is 13.8. The summed E-state index contributed by atoms with van der Waals surface area (Å²) in [5.74, 6) is -0.128. The van der Waals surface area contributed by atoms with Gasteiger partial charge in [-0.3, -0.25) is 0 Å². The van der Waals surface area contributed by atoms with Crippen LogP contribution in [0.1, 0.15) is 18.6 Å². The highest BCUT2D eigenvalue weighted by atomic mass is 35.5.